The molecule has 1 N–H and O–H groups in total. The van der Waals surface area contributed by atoms with E-state index in [1.807, 2.05) is 13.0 Å². The zero-order valence-electron chi connectivity index (χ0n) is 9.94. The second-order valence-corrected chi connectivity index (χ2v) is 6.32. The largest absolute Gasteiger partial charge is 0.392 e. The first-order valence-corrected chi connectivity index (χ1v) is 6.96. The average molecular weight is 305 g/mol. The highest BCUT2D eigenvalue weighted by atomic mass is 79.9. The average Bonchev–Trinajstić information content (AvgIpc) is 2.16. The van der Waals surface area contributed by atoms with Gasteiger partial charge in [-0.1, -0.05) is 20.8 Å². The first-order valence-electron chi connectivity index (χ1n) is 5.29. The fourth-order valence-corrected chi connectivity index (χ4v) is 2.48. The lowest BCUT2D eigenvalue weighted by atomic mass is 10.2. The highest BCUT2D eigenvalue weighted by molar-refractivity contribution is 9.10. The molecule has 0 bridgehead atoms. The van der Waals surface area contributed by atoms with Gasteiger partial charge in [0, 0.05) is 17.2 Å². The first-order chi connectivity index (χ1) is 7.40. The summed E-state index contributed by atoms with van der Waals surface area (Å²) in [7, 11) is 0. The van der Waals surface area contributed by atoms with Crippen molar-refractivity contribution >= 4 is 27.7 Å². The number of aliphatic hydroxyl groups excluding tert-OH is 1. The van der Waals surface area contributed by atoms with Crippen LogP contribution in [0.1, 0.15) is 39.4 Å². The third-order valence-corrected chi connectivity index (χ3v) is 3.81. The first kappa shape index (κ1) is 13.9. The Morgan fingerprint density at radius 2 is 1.88 bits per heavy atom. The Labute approximate surface area is 109 Å². The standard InChI is InChI=1S/C11H17BrN2OS/c1-6(2)11-13-9(12)5-10(14-11)16-8(4)7(3)15/h5-8,15H,1-4H3. The monoisotopic (exact) mass is 304 g/mol. The van der Waals surface area contributed by atoms with Gasteiger partial charge < -0.3 is 5.11 Å². The molecule has 0 saturated heterocycles. The Kier molecular flexibility index (Phi) is 5.21. The SMILES string of the molecule is CC(C)c1nc(Br)cc(SC(C)C(C)O)n1. The molecule has 0 aliphatic heterocycles. The molecule has 0 amide bonds. The summed E-state index contributed by atoms with van der Waals surface area (Å²) in [6.07, 6.45) is -0.346. The van der Waals surface area contributed by atoms with Gasteiger partial charge in [-0.25, -0.2) is 9.97 Å². The molecule has 0 saturated carbocycles. The van der Waals surface area contributed by atoms with Crippen molar-refractivity contribution in [2.24, 2.45) is 0 Å². The van der Waals surface area contributed by atoms with Crippen LogP contribution >= 0.6 is 27.7 Å². The van der Waals surface area contributed by atoms with Crippen LogP contribution in [0.5, 0.6) is 0 Å². The van der Waals surface area contributed by atoms with Gasteiger partial charge in [0.15, 0.2) is 0 Å². The lowest BCUT2D eigenvalue weighted by Crippen LogP contribution is -2.15. The maximum atomic E-state index is 9.45. The molecule has 5 heteroatoms. The molecule has 16 heavy (non-hydrogen) atoms. The van der Waals surface area contributed by atoms with E-state index in [2.05, 4.69) is 39.7 Å². The van der Waals surface area contributed by atoms with Gasteiger partial charge >= 0.3 is 0 Å². The second kappa shape index (κ2) is 5.98. The Morgan fingerprint density at radius 1 is 1.25 bits per heavy atom. The summed E-state index contributed by atoms with van der Waals surface area (Å²) in [5.41, 5.74) is 0. The molecule has 2 unspecified atom stereocenters. The van der Waals surface area contributed by atoms with E-state index in [9.17, 15) is 5.11 Å². The Morgan fingerprint density at radius 3 is 2.38 bits per heavy atom. The number of hydrogen-bond acceptors (Lipinski definition) is 4. The molecule has 90 valence electrons. The van der Waals surface area contributed by atoms with Crippen molar-refractivity contribution in [3.8, 4) is 0 Å². The minimum Gasteiger partial charge on any atom is -0.392 e. The van der Waals surface area contributed by atoms with E-state index in [0.717, 1.165) is 15.5 Å². The predicted molar refractivity (Wildman–Crippen MR) is 70.8 cm³/mol. The maximum Gasteiger partial charge on any atom is 0.133 e. The summed E-state index contributed by atoms with van der Waals surface area (Å²) >= 11 is 4.95. The van der Waals surface area contributed by atoms with E-state index < -0.39 is 0 Å². The van der Waals surface area contributed by atoms with Gasteiger partial charge in [0.05, 0.1) is 6.10 Å². The van der Waals surface area contributed by atoms with Crippen LogP contribution < -0.4 is 0 Å². The quantitative estimate of drug-likeness (QED) is 0.685. The zero-order chi connectivity index (χ0) is 12.3. The number of aromatic nitrogens is 2. The van der Waals surface area contributed by atoms with Crippen molar-refractivity contribution in [1.82, 2.24) is 9.97 Å². The lowest BCUT2D eigenvalue weighted by Gasteiger charge is -2.14. The minimum atomic E-state index is -0.346. The van der Waals surface area contributed by atoms with Gasteiger partial charge in [0.25, 0.3) is 0 Å². The smallest absolute Gasteiger partial charge is 0.133 e. The van der Waals surface area contributed by atoms with E-state index in [1.54, 1.807) is 18.7 Å². The third-order valence-electron chi connectivity index (χ3n) is 2.19. The van der Waals surface area contributed by atoms with E-state index in [-0.39, 0.29) is 11.4 Å². The van der Waals surface area contributed by atoms with Crippen LogP contribution in [0.4, 0.5) is 0 Å². The van der Waals surface area contributed by atoms with E-state index in [0.29, 0.717) is 5.92 Å². The molecule has 1 aromatic rings. The second-order valence-electron chi connectivity index (χ2n) is 4.11. The van der Waals surface area contributed by atoms with Gasteiger partial charge in [0.2, 0.25) is 0 Å². The highest BCUT2D eigenvalue weighted by Crippen LogP contribution is 2.26. The van der Waals surface area contributed by atoms with Gasteiger partial charge in [0.1, 0.15) is 15.5 Å². The summed E-state index contributed by atoms with van der Waals surface area (Å²) in [6.45, 7) is 7.90. The van der Waals surface area contributed by atoms with Crippen LogP contribution in [0.15, 0.2) is 15.7 Å². The van der Waals surface area contributed by atoms with Crippen LogP contribution in [-0.4, -0.2) is 26.4 Å². The predicted octanol–water partition coefficient (Wildman–Crippen LogP) is 3.22. The van der Waals surface area contributed by atoms with Crippen LogP contribution in [0, 0.1) is 0 Å². The molecule has 0 radical (unpaired) electrons. The number of halogens is 1. The molecule has 3 nitrogen and oxygen atoms in total. The number of hydrogen-bond donors (Lipinski definition) is 1. The Balaban J connectivity index is 2.88. The van der Waals surface area contributed by atoms with E-state index in [1.165, 1.54) is 0 Å². The number of rotatable bonds is 4. The molecule has 0 aliphatic carbocycles. The van der Waals surface area contributed by atoms with Crippen molar-refractivity contribution in [1.29, 1.82) is 0 Å². The third kappa shape index (κ3) is 4.03. The summed E-state index contributed by atoms with van der Waals surface area (Å²) in [4.78, 5) is 8.78. The van der Waals surface area contributed by atoms with Gasteiger partial charge in [-0.15, -0.1) is 11.8 Å². The summed E-state index contributed by atoms with van der Waals surface area (Å²) < 4.78 is 0.798. The molecular formula is C11H17BrN2OS. The van der Waals surface area contributed by atoms with Gasteiger partial charge in [-0.05, 0) is 22.9 Å². The Hall–Kier alpha value is -0.130. The van der Waals surface area contributed by atoms with Gasteiger partial charge in [-0.2, -0.15) is 0 Å². The van der Waals surface area contributed by atoms with E-state index in [4.69, 9.17) is 0 Å². The molecule has 0 fully saturated rings. The Bertz CT molecular complexity index is 358. The summed E-state index contributed by atoms with van der Waals surface area (Å²) in [5.74, 6) is 1.13. The molecule has 0 aromatic carbocycles. The normalized spacial score (nSPS) is 15.2. The molecule has 2 atom stereocenters. The molecule has 1 aromatic heterocycles. The number of nitrogens with zero attached hydrogens (tertiary/aromatic N) is 2. The van der Waals surface area contributed by atoms with Crippen LogP contribution in [-0.2, 0) is 0 Å². The number of thioether (sulfide) groups is 1. The summed E-state index contributed by atoms with van der Waals surface area (Å²) in [6, 6.07) is 1.88. The molecule has 1 heterocycles. The van der Waals surface area contributed by atoms with Crippen molar-refractivity contribution < 1.29 is 5.11 Å². The number of aliphatic hydroxyl groups is 1. The molecular weight excluding hydrogens is 288 g/mol. The van der Waals surface area contributed by atoms with Crippen LogP contribution in [0.25, 0.3) is 0 Å². The van der Waals surface area contributed by atoms with Crippen LogP contribution in [0.3, 0.4) is 0 Å². The van der Waals surface area contributed by atoms with Crippen molar-refractivity contribution in [3.63, 3.8) is 0 Å². The van der Waals surface area contributed by atoms with Crippen LogP contribution in [0.2, 0.25) is 0 Å². The van der Waals surface area contributed by atoms with Crippen molar-refractivity contribution in [2.75, 3.05) is 0 Å². The fourth-order valence-electron chi connectivity index (χ4n) is 1.02. The maximum absolute atomic E-state index is 9.45. The van der Waals surface area contributed by atoms with Crippen molar-refractivity contribution in [3.05, 3.63) is 16.5 Å². The minimum absolute atomic E-state index is 0.127. The zero-order valence-corrected chi connectivity index (χ0v) is 12.3. The van der Waals surface area contributed by atoms with E-state index >= 15 is 0 Å². The molecule has 0 spiro atoms. The highest BCUT2D eigenvalue weighted by Gasteiger charge is 2.13. The van der Waals surface area contributed by atoms with Gasteiger partial charge in [-0.3, -0.25) is 0 Å². The van der Waals surface area contributed by atoms with Crippen molar-refractivity contribution in [2.45, 2.75) is 50.0 Å². The lowest BCUT2D eigenvalue weighted by molar-refractivity contribution is 0.196. The molecule has 0 aliphatic rings. The summed E-state index contributed by atoms with van der Waals surface area (Å²) in [5, 5.41) is 10.5. The molecule has 1 rings (SSSR count). The topological polar surface area (TPSA) is 46.0 Å². The fraction of sp³-hybridized carbons (Fsp3) is 0.636.